The molecule has 10 nitrogen and oxygen atoms in total. The minimum Gasteiger partial charge on any atom is -0.394 e. The van der Waals surface area contributed by atoms with Crippen LogP contribution in [0.1, 0.15) is 20.3 Å². The summed E-state index contributed by atoms with van der Waals surface area (Å²) in [6.07, 6.45) is 8.51. The van der Waals surface area contributed by atoms with Gasteiger partial charge in [0.2, 0.25) is 17.7 Å². The van der Waals surface area contributed by atoms with Gasteiger partial charge in [-0.2, -0.15) is 0 Å². The number of hydrogen-bond donors (Lipinski definition) is 1. The van der Waals surface area contributed by atoms with E-state index >= 15 is 0 Å². The van der Waals surface area contributed by atoms with E-state index in [2.05, 4.69) is 10.3 Å². The fourth-order valence-corrected chi connectivity index (χ4v) is 8.77. The normalized spacial score (nSPS) is 31.1. The van der Waals surface area contributed by atoms with E-state index in [1.54, 1.807) is 38.2 Å². The van der Waals surface area contributed by atoms with Crippen LogP contribution in [0.25, 0.3) is 11.0 Å². The number of rotatable bonds is 6. The van der Waals surface area contributed by atoms with Gasteiger partial charge in [-0.3, -0.25) is 14.4 Å². The smallest absolute Gasteiger partial charge is 0.248 e. The quantitative estimate of drug-likeness (QED) is 0.543. The van der Waals surface area contributed by atoms with Gasteiger partial charge in [-0.15, -0.1) is 16.9 Å². The summed E-state index contributed by atoms with van der Waals surface area (Å²) in [4.78, 5) is 47.5. The van der Waals surface area contributed by atoms with Gasteiger partial charge in [0.15, 0.2) is 0 Å². The van der Waals surface area contributed by atoms with E-state index in [0.29, 0.717) is 19.5 Å². The molecule has 39 heavy (non-hydrogen) atoms. The summed E-state index contributed by atoms with van der Waals surface area (Å²) in [6, 6.07) is 6.21. The number of aliphatic hydroxyl groups is 1. The first-order valence-corrected chi connectivity index (χ1v) is 14.4. The van der Waals surface area contributed by atoms with Crippen LogP contribution in [0.5, 0.6) is 0 Å². The number of nitrogens with zero attached hydrogens (tertiary/aromatic N) is 6. The lowest BCUT2D eigenvalue weighted by atomic mass is 9.78. The largest absolute Gasteiger partial charge is 0.394 e. The van der Waals surface area contributed by atoms with E-state index < -0.39 is 28.7 Å². The zero-order valence-corrected chi connectivity index (χ0v) is 23.2. The Morgan fingerprint density at radius 1 is 1.10 bits per heavy atom. The van der Waals surface area contributed by atoms with Crippen LogP contribution in [0.15, 0.2) is 48.6 Å². The monoisotopic (exact) mass is 550 g/mol. The van der Waals surface area contributed by atoms with Gasteiger partial charge in [0, 0.05) is 25.4 Å². The maximum atomic E-state index is 14.5. The van der Waals surface area contributed by atoms with Crippen molar-refractivity contribution in [3.63, 3.8) is 0 Å². The van der Waals surface area contributed by atoms with Gasteiger partial charge >= 0.3 is 0 Å². The molecule has 5 heterocycles. The van der Waals surface area contributed by atoms with E-state index in [-0.39, 0.29) is 42.2 Å². The van der Waals surface area contributed by atoms with E-state index in [9.17, 15) is 19.5 Å². The molecule has 4 aliphatic rings. The molecule has 1 aromatic heterocycles. The Kier molecular flexibility index (Phi) is 6.53. The molecule has 0 bridgehead atoms. The number of hydrogen-bond acceptors (Lipinski definition) is 7. The van der Waals surface area contributed by atoms with Crippen molar-refractivity contribution in [1.29, 1.82) is 0 Å². The van der Waals surface area contributed by atoms with Crippen molar-refractivity contribution in [3.8, 4) is 0 Å². The minimum atomic E-state index is -0.911. The van der Waals surface area contributed by atoms with Crippen LogP contribution in [-0.4, -0.2) is 101 Å². The summed E-state index contributed by atoms with van der Waals surface area (Å²) in [6.45, 7) is 4.84. The molecule has 1 aromatic carbocycles. The van der Waals surface area contributed by atoms with Crippen LogP contribution in [0, 0.1) is 17.8 Å². The molecule has 0 radical (unpaired) electrons. The predicted molar refractivity (Wildman–Crippen MR) is 147 cm³/mol. The van der Waals surface area contributed by atoms with E-state index in [4.69, 9.17) is 0 Å². The van der Waals surface area contributed by atoms with Gasteiger partial charge in [0.25, 0.3) is 0 Å². The van der Waals surface area contributed by atoms with Crippen molar-refractivity contribution in [1.82, 2.24) is 29.7 Å². The second kappa shape index (κ2) is 9.78. The molecule has 2 saturated heterocycles. The summed E-state index contributed by atoms with van der Waals surface area (Å²) in [5, 5.41) is 18.8. The molecule has 6 rings (SSSR count). The highest BCUT2D eigenvalue weighted by Gasteiger charge is 2.71. The highest BCUT2D eigenvalue weighted by atomic mass is 32.2. The number of benzene rings is 1. The molecule has 1 spiro atoms. The topological polar surface area (TPSA) is 112 Å². The minimum absolute atomic E-state index is 0.0752. The van der Waals surface area contributed by atoms with E-state index in [1.165, 1.54) is 0 Å². The molecule has 2 aromatic rings. The summed E-state index contributed by atoms with van der Waals surface area (Å²) in [7, 11) is 1.76. The number of fused-ring (bicyclic) bond motifs is 3. The predicted octanol–water partition coefficient (Wildman–Crippen LogP) is 1.52. The molecule has 0 aliphatic carbocycles. The van der Waals surface area contributed by atoms with Crippen LogP contribution in [0.2, 0.25) is 0 Å². The lowest BCUT2D eigenvalue weighted by Gasteiger charge is -2.39. The van der Waals surface area contributed by atoms with Crippen LogP contribution < -0.4 is 0 Å². The summed E-state index contributed by atoms with van der Waals surface area (Å²) in [5.41, 5.74) is 1.55. The van der Waals surface area contributed by atoms with Gasteiger partial charge in [0.05, 0.1) is 34.7 Å². The Morgan fingerprint density at radius 3 is 2.67 bits per heavy atom. The fraction of sp³-hybridized carbons (Fsp3) is 0.536. The molecule has 3 amide bonds. The number of likely N-dealkylation sites (N-methyl/N-ethyl adjacent to an activating group) is 1. The van der Waals surface area contributed by atoms with Gasteiger partial charge in [0.1, 0.15) is 18.2 Å². The van der Waals surface area contributed by atoms with Gasteiger partial charge in [-0.05, 0) is 24.5 Å². The molecular weight excluding hydrogens is 516 g/mol. The van der Waals surface area contributed by atoms with E-state index in [0.717, 1.165) is 11.0 Å². The number of amides is 3. The zero-order chi connectivity index (χ0) is 27.5. The number of carbonyl (C=O) groups is 3. The standard InChI is InChI=1S/C28H34N6O4S/c1-17(2)14-18(15-35)34-24-27(38)32(16-33-20-9-5-4-8-19(20)29-30-33)13-7-11-28(24)23(26(34)37)22-21(39-28)10-6-12-31(3)25(22)36/h4-11,17-18,21-24,35H,12-16H2,1-3H3/t18-,21-,22+,23+,24?,28+/m1/s1. The molecule has 4 aliphatic heterocycles. The highest BCUT2D eigenvalue weighted by molar-refractivity contribution is 8.02. The molecule has 1 unspecified atom stereocenters. The highest BCUT2D eigenvalue weighted by Crippen LogP contribution is 2.61. The summed E-state index contributed by atoms with van der Waals surface area (Å²) >= 11 is 1.55. The van der Waals surface area contributed by atoms with Crippen molar-refractivity contribution >= 4 is 40.5 Å². The third-order valence-electron chi connectivity index (χ3n) is 8.45. The fourth-order valence-electron chi connectivity index (χ4n) is 6.77. The molecule has 1 N–H and O–H groups in total. The molecule has 6 atom stereocenters. The third kappa shape index (κ3) is 4.00. The van der Waals surface area contributed by atoms with Crippen molar-refractivity contribution in [2.75, 3.05) is 26.7 Å². The first kappa shape index (κ1) is 26.1. The summed E-state index contributed by atoms with van der Waals surface area (Å²) in [5.74, 6) is -1.55. The van der Waals surface area contributed by atoms with Gasteiger partial charge in [-0.25, -0.2) is 4.68 Å². The molecule has 11 heteroatoms. The van der Waals surface area contributed by atoms with Crippen LogP contribution >= 0.6 is 11.8 Å². The molecule has 2 fully saturated rings. The molecule has 206 valence electrons. The maximum Gasteiger partial charge on any atom is 0.248 e. The second-order valence-electron chi connectivity index (χ2n) is 11.4. The number of likely N-dealkylation sites (tertiary alicyclic amines) is 1. The van der Waals surface area contributed by atoms with Crippen LogP contribution in [0.3, 0.4) is 0 Å². The summed E-state index contributed by atoms with van der Waals surface area (Å²) < 4.78 is 0.785. The Labute approximate surface area is 231 Å². The number of carbonyl (C=O) groups excluding carboxylic acids is 3. The Hall–Kier alpha value is -3.18. The van der Waals surface area contributed by atoms with Crippen molar-refractivity contribution in [2.45, 2.75) is 49.0 Å². The molecular formula is C28H34N6O4S. The van der Waals surface area contributed by atoms with Crippen LogP contribution in [0.4, 0.5) is 0 Å². The Bertz CT molecular complexity index is 1370. The lowest BCUT2D eigenvalue weighted by Crippen LogP contribution is -2.56. The van der Waals surface area contributed by atoms with Crippen molar-refractivity contribution < 1.29 is 19.5 Å². The average Bonchev–Trinajstić information content (AvgIpc) is 3.48. The first-order valence-electron chi connectivity index (χ1n) is 13.5. The average molecular weight is 551 g/mol. The second-order valence-corrected chi connectivity index (χ2v) is 12.9. The SMILES string of the molecule is CC(C)C[C@H](CO)N1C(=O)[C@@H]2[C@H]3C(=O)N(C)CC=C[C@H]3S[C@@]23C=CCN(Cn2nnc4ccccc42)C(=O)C13. The van der Waals surface area contributed by atoms with Crippen molar-refractivity contribution in [2.24, 2.45) is 17.8 Å². The number of aromatic nitrogens is 3. The maximum absolute atomic E-state index is 14.5. The Morgan fingerprint density at radius 2 is 1.90 bits per heavy atom. The number of para-hydroxylation sites is 1. The van der Waals surface area contributed by atoms with E-state index in [1.807, 2.05) is 62.4 Å². The number of thioether (sulfide) groups is 1. The third-order valence-corrected chi connectivity index (χ3v) is 10.2. The Balaban J connectivity index is 1.44. The zero-order valence-electron chi connectivity index (χ0n) is 22.4. The van der Waals surface area contributed by atoms with Crippen molar-refractivity contribution in [3.05, 3.63) is 48.6 Å². The van der Waals surface area contributed by atoms with Crippen LogP contribution in [-0.2, 0) is 21.1 Å². The van der Waals surface area contributed by atoms with Gasteiger partial charge in [-0.1, -0.05) is 55.5 Å². The molecule has 0 saturated carbocycles. The number of aliphatic hydroxyl groups excluding tert-OH is 1. The van der Waals surface area contributed by atoms with Gasteiger partial charge < -0.3 is 19.8 Å². The first-order chi connectivity index (χ1) is 18.8. The lowest BCUT2D eigenvalue weighted by molar-refractivity contribution is -0.147.